The van der Waals surface area contributed by atoms with Crippen LogP contribution in [-0.2, 0) is 22.7 Å². The predicted octanol–water partition coefficient (Wildman–Crippen LogP) is 2.10. The number of hydrogen-bond donors (Lipinski definition) is 2. The molecule has 0 aliphatic heterocycles. The normalized spacial score (nSPS) is 19.6. The molecule has 2 saturated carbocycles. The van der Waals surface area contributed by atoms with Crippen molar-refractivity contribution in [1.82, 2.24) is 25.2 Å². The number of amides is 2. The Morgan fingerprint density at radius 2 is 2.04 bits per heavy atom. The molecule has 10 heteroatoms. The molecule has 7 nitrogen and oxygen atoms in total. The van der Waals surface area contributed by atoms with Gasteiger partial charge in [0.2, 0.25) is 11.8 Å². The van der Waals surface area contributed by atoms with Gasteiger partial charge in [-0.3, -0.25) is 9.59 Å². The molecule has 0 bridgehead atoms. The number of imidazole rings is 1. The van der Waals surface area contributed by atoms with Crippen LogP contribution in [0.5, 0.6) is 0 Å². The van der Waals surface area contributed by atoms with Gasteiger partial charge in [0.05, 0.1) is 31.1 Å². The minimum Gasteiger partial charge on any atom is -0.352 e. The Bertz CT molecular complexity index is 920. The van der Waals surface area contributed by atoms with Crippen molar-refractivity contribution < 1.29 is 22.8 Å². The highest BCUT2D eigenvalue weighted by Gasteiger charge is 2.65. The van der Waals surface area contributed by atoms with E-state index < -0.39 is 24.9 Å². The summed E-state index contributed by atoms with van der Waals surface area (Å²) in [5.74, 6) is -0.447. The third kappa shape index (κ3) is 4.26. The molecule has 2 amide bonds. The molecule has 1 unspecified atom stereocenters. The van der Waals surface area contributed by atoms with Gasteiger partial charge in [-0.25, -0.2) is 9.50 Å². The first-order valence-corrected chi connectivity index (χ1v) is 9.18. The molecule has 28 heavy (non-hydrogen) atoms. The van der Waals surface area contributed by atoms with Crippen LogP contribution in [0.4, 0.5) is 13.2 Å². The molecule has 0 aromatic carbocycles. The summed E-state index contributed by atoms with van der Waals surface area (Å²) in [6.07, 6.45) is 0.422. The maximum Gasteiger partial charge on any atom is 0.389 e. The summed E-state index contributed by atoms with van der Waals surface area (Å²) >= 11 is 0. The van der Waals surface area contributed by atoms with Crippen molar-refractivity contribution in [3.63, 3.8) is 0 Å². The second kappa shape index (κ2) is 6.75. The van der Waals surface area contributed by atoms with Gasteiger partial charge >= 0.3 is 6.18 Å². The molecule has 2 fully saturated rings. The van der Waals surface area contributed by atoms with Crippen molar-refractivity contribution >= 4 is 17.5 Å². The summed E-state index contributed by atoms with van der Waals surface area (Å²) in [6.45, 7) is 0.390. The number of carbonyl (C=O) groups excluding carboxylic acids is 2. The van der Waals surface area contributed by atoms with E-state index in [1.807, 2.05) is 0 Å². The third-order valence-electron chi connectivity index (χ3n) is 5.39. The van der Waals surface area contributed by atoms with Crippen molar-refractivity contribution in [2.75, 3.05) is 0 Å². The number of carbonyl (C=O) groups is 2. The molecule has 2 aromatic heterocycles. The minimum absolute atomic E-state index is 0.0723. The average molecular weight is 395 g/mol. The fourth-order valence-electron chi connectivity index (χ4n) is 3.42. The SMILES string of the molecule is O=C(CCC(F)(F)F)NCc1cnn2cc(CNC(=O)C3CC34CC4)nc2c1. The number of fused-ring (bicyclic) bond motifs is 1. The summed E-state index contributed by atoms with van der Waals surface area (Å²) in [5, 5.41) is 9.53. The van der Waals surface area contributed by atoms with Gasteiger partial charge < -0.3 is 10.6 Å². The molecular formula is C18H20F3N5O2. The maximum absolute atomic E-state index is 12.1. The van der Waals surface area contributed by atoms with E-state index in [-0.39, 0.29) is 18.4 Å². The largest absolute Gasteiger partial charge is 0.389 e. The minimum atomic E-state index is -4.35. The second-order valence-electron chi connectivity index (χ2n) is 7.63. The van der Waals surface area contributed by atoms with E-state index in [0.29, 0.717) is 28.9 Å². The van der Waals surface area contributed by atoms with Crippen LogP contribution in [0.3, 0.4) is 0 Å². The van der Waals surface area contributed by atoms with Crippen molar-refractivity contribution in [2.45, 2.75) is 51.4 Å². The second-order valence-corrected chi connectivity index (χ2v) is 7.63. The Labute approximate surface area is 158 Å². The van der Waals surface area contributed by atoms with E-state index in [0.717, 1.165) is 19.3 Å². The van der Waals surface area contributed by atoms with Gasteiger partial charge in [0.25, 0.3) is 0 Å². The Kier molecular flexibility index (Phi) is 4.51. The Balaban J connectivity index is 1.29. The zero-order chi connectivity index (χ0) is 19.9. The first kappa shape index (κ1) is 18.7. The predicted molar refractivity (Wildman–Crippen MR) is 91.7 cm³/mol. The molecule has 2 aliphatic rings. The zero-order valence-corrected chi connectivity index (χ0v) is 15.1. The molecule has 2 heterocycles. The van der Waals surface area contributed by atoms with E-state index >= 15 is 0 Å². The highest BCUT2D eigenvalue weighted by molar-refractivity contribution is 5.83. The van der Waals surface area contributed by atoms with Gasteiger partial charge in [-0.2, -0.15) is 18.3 Å². The van der Waals surface area contributed by atoms with Crippen LogP contribution >= 0.6 is 0 Å². The molecule has 2 aromatic rings. The number of nitrogens with one attached hydrogen (secondary N) is 2. The summed E-state index contributed by atoms with van der Waals surface area (Å²) in [5.41, 5.74) is 2.14. The van der Waals surface area contributed by atoms with E-state index in [9.17, 15) is 22.8 Å². The number of hydrogen-bond acceptors (Lipinski definition) is 4. The van der Waals surface area contributed by atoms with Crippen molar-refractivity contribution in [1.29, 1.82) is 0 Å². The Hall–Kier alpha value is -2.65. The smallest absolute Gasteiger partial charge is 0.352 e. The lowest BCUT2D eigenvalue weighted by molar-refractivity contribution is -0.144. The summed E-state index contributed by atoms with van der Waals surface area (Å²) in [4.78, 5) is 28.0. The quantitative estimate of drug-likeness (QED) is 0.752. The number of aromatic nitrogens is 3. The summed E-state index contributed by atoms with van der Waals surface area (Å²) in [7, 11) is 0. The first-order chi connectivity index (χ1) is 13.2. The maximum atomic E-state index is 12.1. The molecule has 2 N–H and O–H groups in total. The lowest BCUT2D eigenvalue weighted by Gasteiger charge is -2.07. The molecular weight excluding hydrogens is 375 g/mol. The van der Waals surface area contributed by atoms with Crippen LogP contribution in [-0.4, -0.2) is 32.6 Å². The average Bonchev–Trinajstić information content (AvgIpc) is 3.53. The van der Waals surface area contributed by atoms with E-state index in [4.69, 9.17) is 0 Å². The molecule has 4 rings (SSSR count). The number of rotatable bonds is 7. The van der Waals surface area contributed by atoms with Crippen LogP contribution in [0.1, 0.15) is 43.4 Å². The van der Waals surface area contributed by atoms with Gasteiger partial charge in [-0.05, 0) is 36.3 Å². The molecule has 1 spiro atoms. The lowest BCUT2D eigenvalue weighted by Crippen LogP contribution is -2.25. The topological polar surface area (TPSA) is 88.4 Å². The molecule has 150 valence electrons. The van der Waals surface area contributed by atoms with Crippen LogP contribution < -0.4 is 10.6 Å². The van der Waals surface area contributed by atoms with Gasteiger partial charge in [-0.1, -0.05) is 0 Å². The molecule has 0 radical (unpaired) electrons. The standard InChI is InChI=1S/C18H20F3N5O2/c19-18(20,21)2-1-15(27)22-7-11-5-14-25-12(10-26(14)24-8-11)9-23-16(28)13-6-17(13)3-4-17/h5,8,10,13H,1-4,6-7,9H2,(H,22,27)(H,23,28). The molecule has 2 aliphatic carbocycles. The van der Waals surface area contributed by atoms with E-state index in [1.165, 1.54) is 6.20 Å². The Morgan fingerprint density at radius 3 is 2.71 bits per heavy atom. The number of alkyl halides is 3. The van der Waals surface area contributed by atoms with Gasteiger partial charge in [-0.15, -0.1) is 0 Å². The summed E-state index contributed by atoms with van der Waals surface area (Å²) in [6, 6.07) is 1.70. The lowest BCUT2D eigenvalue weighted by atomic mass is 10.2. The highest BCUT2D eigenvalue weighted by atomic mass is 19.4. The fraction of sp³-hybridized carbons (Fsp3) is 0.556. The van der Waals surface area contributed by atoms with Gasteiger partial charge in [0.15, 0.2) is 5.65 Å². The van der Waals surface area contributed by atoms with Gasteiger partial charge in [0, 0.05) is 18.9 Å². The monoisotopic (exact) mass is 395 g/mol. The van der Waals surface area contributed by atoms with Crippen LogP contribution in [0, 0.1) is 11.3 Å². The number of halogens is 3. The Morgan fingerprint density at radius 1 is 1.25 bits per heavy atom. The van der Waals surface area contributed by atoms with Crippen LogP contribution in [0.2, 0.25) is 0 Å². The molecule has 0 saturated heterocycles. The van der Waals surface area contributed by atoms with E-state index in [1.54, 1.807) is 16.8 Å². The molecule has 1 atom stereocenters. The highest BCUT2D eigenvalue weighted by Crippen LogP contribution is 2.70. The first-order valence-electron chi connectivity index (χ1n) is 9.18. The van der Waals surface area contributed by atoms with Gasteiger partial charge in [0.1, 0.15) is 0 Å². The van der Waals surface area contributed by atoms with Crippen molar-refractivity contribution in [3.8, 4) is 0 Å². The zero-order valence-electron chi connectivity index (χ0n) is 15.1. The van der Waals surface area contributed by atoms with Crippen LogP contribution in [0.15, 0.2) is 18.5 Å². The van der Waals surface area contributed by atoms with Crippen molar-refractivity contribution in [3.05, 3.63) is 29.7 Å². The summed E-state index contributed by atoms with van der Waals surface area (Å²) < 4.78 is 37.9. The third-order valence-corrected chi connectivity index (χ3v) is 5.39. The van der Waals surface area contributed by atoms with Crippen LogP contribution in [0.25, 0.3) is 5.65 Å². The fourth-order valence-corrected chi connectivity index (χ4v) is 3.42. The van der Waals surface area contributed by atoms with E-state index in [2.05, 4.69) is 20.7 Å². The number of nitrogens with zero attached hydrogens (tertiary/aromatic N) is 3. The van der Waals surface area contributed by atoms with Crippen molar-refractivity contribution in [2.24, 2.45) is 11.3 Å².